The summed E-state index contributed by atoms with van der Waals surface area (Å²) in [6.45, 7) is 2.96. The van der Waals surface area contributed by atoms with Crippen molar-refractivity contribution < 1.29 is 8.42 Å². The van der Waals surface area contributed by atoms with E-state index >= 15 is 0 Å². The van der Waals surface area contributed by atoms with Crippen LogP contribution in [-0.2, 0) is 10.0 Å². The van der Waals surface area contributed by atoms with Gasteiger partial charge in [-0.25, -0.2) is 8.42 Å². The van der Waals surface area contributed by atoms with E-state index in [1.54, 1.807) is 0 Å². The first-order valence-electron chi connectivity index (χ1n) is 7.07. The highest BCUT2D eigenvalue weighted by Gasteiger charge is 2.35. The summed E-state index contributed by atoms with van der Waals surface area (Å²) in [5.41, 5.74) is 5.79. The lowest BCUT2D eigenvalue weighted by Gasteiger charge is -2.37. The molecule has 1 aromatic rings. The Morgan fingerprint density at radius 3 is 2.62 bits per heavy atom. The van der Waals surface area contributed by atoms with E-state index in [4.69, 9.17) is 28.9 Å². The second-order valence-corrected chi connectivity index (χ2v) is 8.08. The Kier molecular flexibility index (Phi) is 5.54. The van der Waals surface area contributed by atoms with Gasteiger partial charge in [0.2, 0.25) is 10.0 Å². The standard InChI is InChI=1S/C14H20Cl2N2O2S/c1-2-10-5-6-18(11(7-10)9-17)21(19,20)12-3-4-13(15)14(16)8-12/h3-4,8,10-11H,2,5-7,9,17H2,1H3. The van der Waals surface area contributed by atoms with E-state index in [0.717, 1.165) is 19.3 Å². The Hall–Kier alpha value is -0.330. The van der Waals surface area contributed by atoms with E-state index < -0.39 is 10.0 Å². The van der Waals surface area contributed by atoms with Gasteiger partial charge in [-0.2, -0.15) is 4.31 Å². The first-order valence-corrected chi connectivity index (χ1v) is 9.26. The summed E-state index contributed by atoms with van der Waals surface area (Å²) in [4.78, 5) is 0.172. The predicted octanol–water partition coefficient (Wildman–Crippen LogP) is 3.13. The van der Waals surface area contributed by atoms with Crippen LogP contribution in [-0.4, -0.2) is 31.9 Å². The molecule has 2 atom stereocenters. The van der Waals surface area contributed by atoms with Crippen molar-refractivity contribution >= 4 is 33.2 Å². The van der Waals surface area contributed by atoms with Crippen LogP contribution in [0, 0.1) is 5.92 Å². The van der Waals surface area contributed by atoms with Crippen molar-refractivity contribution in [3.8, 4) is 0 Å². The molecule has 0 aliphatic carbocycles. The van der Waals surface area contributed by atoms with Gasteiger partial charge in [0.15, 0.2) is 0 Å². The highest BCUT2D eigenvalue weighted by Crippen LogP contribution is 2.32. The first-order chi connectivity index (χ1) is 9.90. The van der Waals surface area contributed by atoms with Crippen molar-refractivity contribution in [1.82, 2.24) is 4.31 Å². The molecule has 1 aromatic carbocycles. The molecule has 2 rings (SSSR count). The molecule has 1 aliphatic heterocycles. The third-order valence-electron chi connectivity index (χ3n) is 4.12. The molecule has 0 radical (unpaired) electrons. The van der Waals surface area contributed by atoms with Crippen LogP contribution in [0.15, 0.2) is 23.1 Å². The SMILES string of the molecule is CCC1CCN(S(=O)(=O)c2ccc(Cl)c(Cl)c2)C(CN)C1. The lowest BCUT2D eigenvalue weighted by molar-refractivity contribution is 0.197. The highest BCUT2D eigenvalue weighted by molar-refractivity contribution is 7.89. The Morgan fingerprint density at radius 1 is 1.33 bits per heavy atom. The molecule has 1 fully saturated rings. The van der Waals surface area contributed by atoms with E-state index in [9.17, 15) is 8.42 Å². The van der Waals surface area contributed by atoms with E-state index in [1.807, 2.05) is 0 Å². The average molecular weight is 351 g/mol. The van der Waals surface area contributed by atoms with E-state index in [-0.39, 0.29) is 16.0 Å². The Bertz CT molecular complexity index is 607. The minimum Gasteiger partial charge on any atom is -0.329 e. The fourth-order valence-corrected chi connectivity index (χ4v) is 4.84. The summed E-state index contributed by atoms with van der Waals surface area (Å²) in [6.07, 6.45) is 2.73. The smallest absolute Gasteiger partial charge is 0.243 e. The number of nitrogens with two attached hydrogens (primary N) is 1. The maximum Gasteiger partial charge on any atom is 0.243 e. The van der Waals surface area contributed by atoms with Gasteiger partial charge in [0.25, 0.3) is 0 Å². The molecular weight excluding hydrogens is 331 g/mol. The summed E-state index contributed by atoms with van der Waals surface area (Å²) >= 11 is 11.8. The Morgan fingerprint density at radius 2 is 2.05 bits per heavy atom. The topological polar surface area (TPSA) is 63.4 Å². The number of nitrogens with zero attached hydrogens (tertiary/aromatic N) is 1. The van der Waals surface area contributed by atoms with Crippen LogP contribution in [0.3, 0.4) is 0 Å². The second-order valence-electron chi connectivity index (χ2n) is 5.38. The number of rotatable bonds is 4. The number of piperidine rings is 1. The molecule has 0 bridgehead atoms. The lowest BCUT2D eigenvalue weighted by atomic mass is 9.90. The van der Waals surface area contributed by atoms with Crippen LogP contribution in [0.5, 0.6) is 0 Å². The Balaban J connectivity index is 2.31. The summed E-state index contributed by atoms with van der Waals surface area (Å²) in [5, 5.41) is 0.584. The maximum absolute atomic E-state index is 12.8. The first kappa shape index (κ1) is 17.0. The zero-order valence-corrected chi connectivity index (χ0v) is 14.3. The van der Waals surface area contributed by atoms with Crippen molar-refractivity contribution in [2.45, 2.75) is 37.1 Å². The normalized spacial score (nSPS) is 24.2. The van der Waals surface area contributed by atoms with Gasteiger partial charge >= 0.3 is 0 Å². The molecular formula is C14H20Cl2N2O2S. The average Bonchev–Trinajstić information content (AvgIpc) is 2.49. The monoisotopic (exact) mass is 350 g/mol. The minimum atomic E-state index is -3.58. The van der Waals surface area contributed by atoms with Gasteiger partial charge in [0, 0.05) is 19.1 Å². The van der Waals surface area contributed by atoms with Crippen molar-refractivity contribution in [2.75, 3.05) is 13.1 Å². The number of hydrogen-bond acceptors (Lipinski definition) is 3. The molecule has 2 N–H and O–H groups in total. The van der Waals surface area contributed by atoms with E-state index in [0.29, 0.717) is 24.0 Å². The minimum absolute atomic E-state index is 0.150. The highest BCUT2D eigenvalue weighted by atomic mass is 35.5. The van der Waals surface area contributed by atoms with Crippen molar-refractivity contribution in [3.63, 3.8) is 0 Å². The molecule has 1 heterocycles. The van der Waals surface area contributed by atoms with Crippen LogP contribution in [0.2, 0.25) is 10.0 Å². The van der Waals surface area contributed by atoms with Gasteiger partial charge in [-0.1, -0.05) is 36.5 Å². The van der Waals surface area contributed by atoms with E-state index in [1.165, 1.54) is 22.5 Å². The van der Waals surface area contributed by atoms with Crippen molar-refractivity contribution in [1.29, 1.82) is 0 Å². The molecule has 118 valence electrons. The second kappa shape index (κ2) is 6.84. The zero-order chi connectivity index (χ0) is 15.6. The molecule has 1 saturated heterocycles. The summed E-state index contributed by atoms with van der Waals surface area (Å²) in [5.74, 6) is 0.541. The van der Waals surface area contributed by atoms with Gasteiger partial charge in [0.1, 0.15) is 0 Å². The molecule has 0 aromatic heterocycles. The van der Waals surface area contributed by atoms with Crippen LogP contribution in [0.4, 0.5) is 0 Å². The van der Waals surface area contributed by atoms with Crippen molar-refractivity contribution in [2.24, 2.45) is 11.7 Å². The third kappa shape index (κ3) is 3.54. The molecule has 4 nitrogen and oxygen atoms in total. The zero-order valence-electron chi connectivity index (χ0n) is 11.9. The van der Waals surface area contributed by atoms with E-state index in [2.05, 4.69) is 6.92 Å². The quantitative estimate of drug-likeness (QED) is 0.907. The van der Waals surface area contributed by atoms with Crippen LogP contribution < -0.4 is 5.73 Å². The van der Waals surface area contributed by atoms with Crippen LogP contribution in [0.1, 0.15) is 26.2 Å². The molecule has 0 amide bonds. The summed E-state index contributed by atoms with van der Waals surface area (Å²) < 4.78 is 27.1. The third-order valence-corrected chi connectivity index (χ3v) is 6.80. The fraction of sp³-hybridized carbons (Fsp3) is 0.571. The molecule has 1 aliphatic rings. The van der Waals surface area contributed by atoms with Crippen LogP contribution >= 0.6 is 23.2 Å². The van der Waals surface area contributed by atoms with Gasteiger partial charge in [-0.3, -0.25) is 0 Å². The molecule has 2 unspecified atom stereocenters. The lowest BCUT2D eigenvalue weighted by Crippen LogP contribution is -2.49. The molecule has 7 heteroatoms. The maximum atomic E-state index is 12.8. The fourth-order valence-electron chi connectivity index (χ4n) is 2.79. The number of sulfonamides is 1. The molecule has 21 heavy (non-hydrogen) atoms. The summed E-state index contributed by atoms with van der Waals surface area (Å²) in [7, 11) is -3.58. The predicted molar refractivity (Wildman–Crippen MR) is 86.2 cm³/mol. The van der Waals surface area contributed by atoms with Gasteiger partial charge < -0.3 is 5.73 Å². The van der Waals surface area contributed by atoms with Gasteiger partial charge in [-0.15, -0.1) is 0 Å². The largest absolute Gasteiger partial charge is 0.329 e. The summed E-state index contributed by atoms with van der Waals surface area (Å²) in [6, 6.07) is 4.25. The number of halogens is 2. The van der Waals surface area contributed by atoms with Gasteiger partial charge in [-0.05, 0) is 37.0 Å². The van der Waals surface area contributed by atoms with Crippen LogP contribution in [0.25, 0.3) is 0 Å². The molecule has 0 saturated carbocycles. The number of hydrogen-bond donors (Lipinski definition) is 1. The van der Waals surface area contributed by atoms with Crippen molar-refractivity contribution in [3.05, 3.63) is 28.2 Å². The Labute approximate surface area is 136 Å². The number of benzene rings is 1. The molecule has 0 spiro atoms. The van der Waals surface area contributed by atoms with Gasteiger partial charge in [0.05, 0.1) is 14.9 Å².